The third kappa shape index (κ3) is 9.17. The molecule has 1 heterocycles. The second kappa shape index (κ2) is 17.8. The molecule has 0 aromatic rings. The van der Waals surface area contributed by atoms with Crippen molar-refractivity contribution in [3.63, 3.8) is 0 Å². The number of carbonyl (C=O) groups is 1. The molecule has 9 nitrogen and oxygen atoms in total. The van der Waals surface area contributed by atoms with Crippen molar-refractivity contribution in [2.75, 3.05) is 32.9 Å². The van der Waals surface area contributed by atoms with Crippen molar-refractivity contribution in [1.29, 1.82) is 0 Å². The number of hydrogen-bond donors (Lipinski definition) is 5. The van der Waals surface area contributed by atoms with E-state index in [2.05, 4.69) is 51.3 Å². The second-order valence-electron chi connectivity index (χ2n) is 17.8. The Morgan fingerprint density at radius 3 is 2.52 bits per heavy atom. The molecule has 1 amide bonds. The molecular formula is C41H72N2O7. The molecule has 0 spiro atoms. The predicted molar refractivity (Wildman–Crippen MR) is 196 cm³/mol. The number of hydrogen-bond acceptors (Lipinski definition) is 8. The molecule has 288 valence electrons. The maximum atomic E-state index is 12.3. The molecule has 4 fully saturated rings. The van der Waals surface area contributed by atoms with Crippen LogP contribution in [0.15, 0.2) is 11.6 Å². The van der Waals surface area contributed by atoms with E-state index in [1.54, 1.807) is 12.5 Å². The van der Waals surface area contributed by atoms with Crippen LogP contribution in [-0.2, 0) is 19.0 Å². The Balaban J connectivity index is 0.954. The van der Waals surface area contributed by atoms with Gasteiger partial charge < -0.3 is 40.2 Å². The molecule has 5 N–H and O–H groups in total. The molecule has 50 heavy (non-hydrogen) atoms. The zero-order valence-corrected chi connectivity index (χ0v) is 32.2. The zero-order chi connectivity index (χ0) is 36.1. The minimum Gasteiger partial charge on any atom is -0.388 e. The van der Waals surface area contributed by atoms with Crippen molar-refractivity contribution in [1.82, 2.24) is 10.6 Å². The Hall–Kier alpha value is -1.07. The van der Waals surface area contributed by atoms with Crippen molar-refractivity contribution in [3.8, 4) is 0 Å². The van der Waals surface area contributed by atoms with E-state index in [9.17, 15) is 20.1 Å². The van der Waals surface area contributed by atoms with Gasteiger partial charge in [-0.25, -0.2) is 0 Å². The number of nitrogens with one attached hydrogen (secondary N) is 2. The SMILES string of the molecule is CC(C)CCC[C@@H](C)C1CC[C@H]2[C@H]3CC=C4C[C@@H](NCCCNC(=O)CCOCCOC5OC(C)C(O)C(O)C5O)CCC4(C)C3CCC12C. The number of allylic oxidation sites excluding steroid dienone is 1. The van der Waals surface area contributed by atoms with Crippen molar-refractivity contribution >= 4 is 5.91 Å². The summed E-state index contributed by atoms with van der Waals surface area (Å²) in [4.78, 5) is 12.3. The first-order valence-corrected chi connectivity index (χ1v) is 20.4. The van der Waals surface area contributed by atoms with Crippen LogP contribution in [-0.4, -0.2) is 90.9 Å². The van der Waals surface area contributed by atoms with Gasteiger partial charge in [0.15, 0.2) is 6.29 Å². The van der Waals surface area contributed by atoms with Crippen molar-refractivity contribution in [3.05, 3.63) is 11.6 Å². The topological polar surface area (TPSA) is 130 Å². The third-order valence-electron chi connectivity index (χ3n) is 14.2. The summed E-state index contributed by atoms with van der Waals surface area (Å²) in [5.74, 6) is 5.22. The predicted octanol–water partition coefficient (Wildman–Crippen LogP) is 5.74. The molecule has 1 saturated heterocycles. The first-order chi connectivity index (χ1) is 23.8. The fraction of sp³-hybridized carbons (Fsp3) is 0.927. The van der Waals surface area contributed by atoms with Gasteiger partial charge in [0.25, 0.3) is 0 Å². The van der Waals surface area contributed by atoms with E-state index in [4.69, 9.17) is 14.2 Å². The molecule has 9 heteroatoms. The van der Waals surface area contributed by atoms with Crippen LogP contribution in [0.4, 0.5) is 0 Å². The van der Waals surface area contributed by atoms with Crippen LogP contribution in [0.2, 0.25) is 0 Å². The zero-order valence-electron chi connectivity index (χ0n) is 32.2. The number of ether oxygens (including phenoxy) is 3. The van der Waals surface area contributed by atoms with Crippen LogP contribution in [0.1, 0.15) is 125 Å². The fourth-order valence-electron chi connectivity index (χ4n) is 11.2. The Labute approximate surface area is 303 Å². The van der Waals surface area contributed by atoms with Crippen molar-refractivity contribution in [2.24, 2.45) is 46.3 Å². The summed E-state index contributed by atoms with van der Waals surface area (Å²) in [5.41, 5.74) is 2.65. The lowest BCUT2D eigenvalue weighted by Crippen LogP contribution is -2.57. The smallest absolute Gasteiger partial charge is 0.222 e. The molecule has 4 aliphatic carbocycles. The molecule has 9 unspecified atom stereocenters. The lowest BCUT2D eigenvalue weighted by molar-refractivity contribution is -0.294. The Morgan fingerprint density at radius 2 is 1.74 bits per heavy atom. The Kier molecular flexibility index (Phi) is 14.3. The van der Waals surface area contributed by atoms with Crippen LogP contribution in [0.5, 0.6) is 0 Å². The van der Waals surface area contributed by atoms with E-state index in [0.29, 0.717) is 23.4 Å². The minimum atomic E-state index is -1.33. The fourth-order valence-corrected chi connectivity index (χ4v) is 11.2. The van der Waals surface area contributed by atoms with Gasteiger partial charge in [-0.1, -0.05) is 65.5 Å². The summed E-state index contributed by atoms with van der Waals surface area (Å²) < 4.78 is 16.4. The molecule has 0 aromatic carbocycles. The highest BCUT2D eigenvalue weighted by Crippen LogP contribution is 2.67. The maximum Gasteiger partial charge on any atom is 0.222 e. The molecule has 5 aliphatic rings. The normalized spacial score (nSPS) is 40.5. The summed E-state index contributed by atoms with van der Waals surface area (Å²) in [6.07, 6.45) is 13.4. The van der Waals surface area contributed by atoms with Crippen LogP contribution >= 0.6 is 0 Å². The van der Waals surface area contributed by atoms with E-state index in [1.165, 1.54) is 70.6 Å². The summed E-state index contributed by atoms with van der Waals surface area (Å²) in [7, 11) is 0. The van der Waals surface area contributed by atoms with E-state index >= 15 is 0 Å². The summed E-state index contributed by atoms with van der Waals surface area (Å²) in [6.45, 7) is 16.4. The Morgan fingerprint density at radius 1 is 0.940 bits per heavy atom. The summed E-state index contributed by atoms with van der Waals surface area (Å²) in [5, 5.41) is 36.5. The largest absolute Gasteiger partial charge is 0.388 e. The highest BCUT2D eigenvalue weighted by Gasteiger charge is 2.59. The molecule has 5 rings (SSSR count). The van der Waals surface area contributed by atoms with Gasteiger partial charge in [0.1, 0.15) is 18.3 Å². The van der Waals surface area contributed by atoms with Gasteiger partial charge >= 0.3 is 0 Å². The first-order valence-electron chi connectivity index (χ1n) is 20.4. The van der Waals surface area contributed by atoms with Gasteiger partial charge in [0.2, 0.25) is 5.91 Å². The first kappa shape index (κ1) is 40.1. The number of carbonyl (C=O) groups excluding carboxylic acids is 1. The second-order valence-corrected chi connectivity index (χ2v) is 17.8. The summed E-state index contributed by atoms with van der Waals surface area (Å²) >= 11 is 0. The molecule has 1 aliphatic heterocycles. The van der Waals surface area contributed by atoms with Crippen molar-refractivity contribution in [2.45, 2.75) is 162 Å². The average molecular weight is 705 g/mol. The number of aliphatic hydroxyl groups excluding tert-OH is 3. The van der Waals surface area contributed by atoms with Gasteiger partial charge in [-0.3, -0.25) is 4.79 Å². The van der Waals surface area contributed by atoms with E-state index < -0.39 is 30.7 Å². The number of fused-ring (bicyclic) bond motifs is 5. The molecule has 13 atom stereocenters. The van der Waals surface area contributed by atoms with Crippen LogP contribution in [0.25, 0.3) is 0 Å². The average Bonchev–Trinajstić information content (AvgIpc) is 3.44. The lowest BCUT2D eigenvalue weighted by atomic mass is 9.47. The lowest BCUT2D eigenvalue weighted by Gasteiger charge is -2.58. The maximum absolute atomic E-state index is 12.3. The van der Waals surface area contributed by atoms with Gasteiger partial charge in [-0.2, -0.15) is 0 Å². The van der Waals surface area contributed by atoms with Gasteiger partial charge in [0, 0.05) is 19.0 Å². The standard InChI is InChI=1S/C41H72N2O7/c1-26(2)9-7-10-27(3)32-13-14-33-31-12-11-29-25-30(15-18-40(29,5)34(31)16-19-41(32,33)6)42-20-8-21-43-35(44)17-22-48-23-24-49-39-38(47)37(46)36(45)28(4)50-39/h11,26-28,30-34,36-39,42,45-47H,7-10,12-25H2,1-6H3,(H,43,44)/t27-,28?,30+,31-,32?,33+,34?,36?,37?,38?,39?,40?,41?/m1/s1. The van der Waals surface area contributed by atoms with Gasteiger partial charge in [-0.05, 0) is 118 Å². The van der Waals surface area contributed by atoms with Gasteiger partial charge in [0.05, 0.1) is 25.9 Å². The minimum absolute atomic E-state index is 0.0315. The quantitative estimate of drug-likeness (QED) is 0.0958. The molecule has 0 radical (unpaired) electrons. The Bertz CT molecular complexity index is 1120. The van der Waals surface area contributed by atoms with E-state index in [1.807, 2.05) is 0 Å². The highest BCUT2D eigenvalue weighted by molar-refractivity contribution is 5.75. The summed E-state index contributed by atoms with van der Waals surface area (Å²) in [6, 6.07) is 0.533. The van der Waals surface area contributed by atoms with Crippen molar-refractivity contribution < 1.29 is 34.3 Å². The molecule has 0 aromatic heterocycles. The molecule has 3 saturated carbocycles. The van der Waals surface area contributed by atoms with Crippen LogP contribution < -0.4 is 10.6 Å². The number of amides is 1. The molecule has 0 bridgehead atoms. The number of aliphatic hydroxyl groups is 3. The van der Waals surface area contributed by atoms with Crippen LogP contribution in [0.3, 0.4) is 0 Å². The van der Waals surface area contributed by atoms with Gasteiger partial charge in [-0.15, -0.1) is 0 Å². The van der Waals surface area contributed by atoms with Crippen LogP contribution in [0, 0.1) is 46.3 Å². The molecular weight excluding hydrogens is 632 g/mol. The van der Waals surface area contributed by atoms with E-state index in [0.717, 1.165) is 48.5 Å². The highest BCUT2D eigenvalue weighted by atomic mass is 16.7. The monoisotopic (exact) mass is 705 g/mol. The third-order valence-corrected chi connectivity index (χ3v) is 14.2. The van der Waals surface area contributed by atoms with E-state index in [-0.39, 0.29) is 32.1 Å². The number of rotatable bonds is 17.